The molecule has 0 aromatic rings. The van der Waals surface area contributed by atoms with E-state index in [1.807, 2.05) is 13.2 Å². The van der Waals surface area contributed by atoms with Crippen molar-refractivity contribution in [3.63, 3.8) is 0 Å². The largest absolute Gasteiger partial charge is 0.480 e. The van der Waals surface area contributed by atoms with E-state index in [1.54, 1.807) is 26.7 Å². The van der Waals surface area contributed by atoms with E-state index in [9.17, 15) is 24.6 Å². The van der Waals surface area contributed by atoms with Crippen LogP contribution >= 0.6 is 0 Å². The van der Waals surface area contributed by atoms with Crippen LogP contribution in [0.4, 0.5) is 0 Å². The molecular weight excluding hydrogens is 594 g/mol. The summed E-state index contributed by atoms with van der Waals surface area (Å²) in [5, 5.41) is 36.3. The van der Waals surface area contributed by atoms with Crippen LogP contribution in [0.1, 0.15) is 104 Å². The molecule has 1 aliphatic carbocycles. The number of methoxy groups -OCH3 is 3. The second-order valence-electron chi connectivity index (χ2n) is 12.2. The van der Waals surface area contributed by atoms with E-state index in [4.69, 9.17) is 19.7 Å². The number of ether oxygens (including phenoxy) is 3. The van der Waals surface area contributed by atoms with Gasteiger partial charge in [0.2, 0.25) is 5.79 Å². The lowest BCUT2D eigenvalue weighted by Crippen LogP contribution is -2.57. The first-order chi connectivity index (χ1) is 21.8. The summed E-state index contributed by atoms with van der Waals surface area (Å²) in [7, 11) is 7.56. The summed E-state index contributed by atoms with van der Waals surface area (Å²) in [5.41, 5.74) is 1.57. The number of rotatable bonds is 15. The number of unbranched alkanes of at least 4 members (excludes halogenated alkanes) is 2. The molecular formula is C35H65NO10. The number of aliphatic hydroxyl groups excluding tert-OH is 1. The molecule has 0 bridgehead atoms. The standard InChI is InChI=1S/C17H30O.C15H25NO7.C2H6O.CH4O/c1-4-5-6-7-9-15(2)12-13-16-10-8-11-17(14-16)18-3;1-9(8-10(2)23-3)15(21,22)12(17)13(18)16-7-5-4-6-11(16)14(19)20;1-3-2;1-2/h4,12,16-17H,1,5-11,13-14H2,2-3H3;9-11,21-22H,4-8H2,1-3H3,(H,19,20);1-2H3;2H,1H3/b15-12+;;;/t;9?,10?,11-;;/m.0../s1. The van der Waals surface area contributed by atoms with Gasteiger partial charge in [0, 0.05) is 48.0 Å². The Morgan fingerprint density at radius 3 is 2.17 bits per heavy atom. The van der Waals surface area contributed by atoms with Gasteiger partial charge in [0.15, 0.2) is 0 Å². The maximum atomic E-state index is 12.3. The molecule has 270 valence electrons. The Hall–Kier alpha value is -2.15. The van der Waals surface area contributed by atoms with E-state index >= 15 is 0 Å². The van der Waals surface area contributed by atoms with Gasteiger partial charge in [-0.15, -0.1) is 6.58 Å². The number of carboxylic acid groups (broad SMARTS) is 1. The highest BCUT2D eigenvalue weighted by Gasteiger charge is 2.47. The zero-order valence-electron chi connectivity index (χ0n) is 29.8. The maximum absolute atomic E-state index is 12.3. The van der Waals surface area contributed by atoms with Crippen molar-refractivity contribution < 1.29 is 49.0 Å². The summed E-state index contributed by atoms with van der Waals surface area (Å²) in [5.74, 6) is -6.72. The number of ketones is 1. The number of piperidine rings is 1. The van der Waals surface area contributed by atoms with Crippen LogP contribution in [0, 0.1) is 11.8 Å². The minimum atomic E-state index is -2.86. The van der Waals surface area contributed by atoms with Gasteiger partial charge in [-0.25, -0.2) is 4.79 Å². The molecule has 0 radical (unpaired) electrons. The first kappa shape index (κ1) is 46.0. The molecule has 0 spiro atoms. The van der Waals surface area contributed by atoms with Crippen molar-refractivity contribution in [2.24, 2.45) is 11.8 Å². The van der Waals surface area contributed by atoms with Crippen LogP contribution in [0.5, 0.6) is 0 Å². The van der Waals surface area contributed by atoms with E-state index in [2.05, 4.69) is 24.3 Å². The smallest absolute Gasteiger partial charge is 0.326 e. The third-order valence-corrected chi connectivity index (χ3v) is 8.45. The van der Waals surface area contributed by atoms with E-state index in [0.29, 0.717) is 18.9 Å². The minimum Gasteiger partial charge on any atom is -0.480 e. The number of Topliss-reactive ketones (excluding diaryl/α,β-unsaturated/α-hetero) is 1. The number of hydrogen-bond acceptors (Lipinski definition) is 9. The molecule has 0 aromatic carbocycles. The predicted molar refractivity (Wildman–Crippen MR) is 180 cm³/mol. The Kier molecular flexibility index (Phi) is 26.9. The van der Waals surface area contributed by atoms with Crippen molar-refractivity contribution in [2.45, 2.75) is 128 Å². The van der Waals surface area contributed by atoms with Gasteiger partial charge in [0.05, 0.1) is 12.2 Å². The summed E-state index contributed by atoms with van der Waals surface area (Å²) >= 11 is 0. The van der Waals surface area contributed by atoms with Crippen molar-refractivity contribution in [1.29, 1.82) is 0 Å². The van der Waals surface area contributed by atoms with Crippen LogP contribution in [0.3, 0.4) is 0 Å². The van der Waals surface area contributed by atoms with Gasteiger partial charge in [-0.2, -0.15) is 0 Å². The highest BCUT2D eigenvalue weighted by Crippen LogP contribution is 2.29. The number of amides is 1. The number of likely N-dealkylation sites (tertiary alicyclic amines) is 1. The monoisotopic (exact) mass is 659 g/mol. The van der Waals surface area contributed by atoms with Gasteiger partial charge in [-0.05, 0) is 96.8 Å². The van der Waals surface area contributed by atoms with Crippen LogP contribution in [0.25, 0.3) is 0 Å². The first-order valence-electron chi connectivity index (χ1n) is 16.5. The SMILES string of the molecule is C=CCCCC/C(C)=C/CC1CCCC(OC)C1.CO.COC.COC(C)CC(C)C(O)(O)C(=O)C(=O)N1CCCC[C@H]1C(=O)O. The summed E-state index contributed by atoms with van der Waals surface area (Å²) in [4.78, 5) is 36.6. The van der Waals surface area contributed by atoms with Gasteiger partial charge in [-0.3, -0.25) is 9.59 Å². The number of carbonyl (C=O) groups is 3. The van der Waals surface area contributed by atoms with Crippen LogP contribution < -0.4 is 0 Å². The second kappa shape index (κ2) is 26.9. The summed E-state index contributed by atoms with van der Waals surface area (Å²) in [6, 6.07) is -1.11. The molecule has 11 nitrogen and oxygen atoms in total. The van der Waals surface area contributed by atoms with Crippen LogP contribution in [0.2, 0.25) is 0 Å². The highest BCUT2D eigenvalue weighted by molar-refractivity contribution is 6.39. The van der Waals surface area contributed by atoms with Crippen LogP contribution in [-0.2, 0) is 28.6 Å². The maximum Gasteiger partial charge on any atom is 0.326 e. The number of hydrogen-bond donors (Lipinski definition) is 4. The quantitative estimate of drug-likeness (QED) is 0.0822. The Morgan fingerprint density at radius 1 is 1.00 bits per heavy atom. The van der Waals surface area contributed by atoms with Gasteiger partial charge in [0.1, 0.15) is 6.04 Å². The Balaban J connectivity index is 0. The molecule has 1 saturated heterocycles. The molecule has 46 heavy (non-hydrogen) atoms. The average molecular weight is 660 g/mol. The summed E-state index contributed by atoms with van der Waals surface area (Å²) in [6.07, 6.45) is 17.8. The zero-order valence-corrected chi connectivity index (χ0v) is 29.8. The van der Waals surface area contributed by atoms with Crippen LogP contribution in [0.15, 0.2) is 24.3 Å². The van der Waals surface area contributed by atoms with Crippen molar-refractivity contribution in [2.75, 3.05) is 42.1 Å². The lowest BCUT2D eigenvalue weighted by molar-refractivity contribution is -0.207. The van der Waals surface area contributed by atoms with E-state index in [0.717, 1.165) is 24.3 Å². The third kappa shape index (κ3) is 18.3. The highest BCUT2D eigenvalue weighted by atomic mass is 16.5. The molecule has 2 fully saturated rings. The Morgan fingerprint density at radius 2 is 1.63 bits per heavy atom. The van der Waals surface area contributed by atoms with Crippen LogP contribution in [-0.4, -0.2) is 109 Å². The number of carboxylic acids is 1. The third-order valence-electron chi connectivity index (χ3n) is 8.45. The molecule has 1 aliphatic heterocycles. The van der Waals surface area contributed by atoms with E-state index in [-0.39, 0.29) is 25.5 Å². The topological polar surface area (TPSA) is 163 Å². The fraction of sp³-hybridized carbons (Fsp3) is 0.800. The average Bonchev–Trinajstić information content (AvgIpc) is 3.06. The minimum absolute atomic E-state index is 0.112. The molecule has 2 aliphatic rings. The number of carbonyl (C=O) groups excluding carboxylic acids is 2. The fourth-order valence-corrected chi connectivity index (χ4v) is 5.53. The molecule has 4 unspecified atom stereocenters. The van der Waals surface area contributed by atoms with Gasteiger partial charge in [0.25, 0.3) is 11.7 Å². The van der Waals surface area contributed by atoms with Crippen molar-refractivity contribution in [3.05, 3.63) is 24.3 Å². The second-order valence-corrected chi connectivity index (χ2v) is 12.2. The normalized spacial score (nSPS) is 21.2. The molecule has 4 N–H and O–H groups in total. The molecule has 5 atom stereocenters. The molecule has 0 aromatic heterocycles. The number of allylic oxidation sites excluding steroid dienone is 3. The van der Waals surface area contributed by atoms with Gasteiger partial charge >= 0.3 is 5.97 Å². The number of nitrogens with zero attached hydrogens (tertiary/aromatic N) is 1. The molecule has 11 heteroatoms. The Labute approximate surface area is 278 Å². The predicted octanol–water partition coefficient (Wildman–Crippen LogP) is 4.91. The lowest BCUT2D eigenvalue weighted by Gasteiger charge is -2.35. The molecule has 2 rings (SSSR count). The van der Waals surface area contributed by atoms with Crippen molar-refractivity contribution in [3.8, 4) is 0 Å². The van der Waals surface area contributed by atoms with Gasteiger partial charge in [-0.1, -0.05) is 31.1 Å². The van der Waals surface area contributed by atoms with E-state index < -0.39 is 35.4 Å². The summed E-state index contributed by atoms with van der Waals surface area (Å²) < 4.78 is 14.8. The molecule has 1 amide bonds. The Bertz CT molecular complexity index is 875. The molecule has 1 saturated carbocycles. The first-order valence-corrected chi connectivity index (χ1v) is 16.5. The number of aliphatic hydroxyl groups is 3. The van der Waals surface area contributed by atoms with Gasteiger partial charge < -0.3 is 39.5 Å². The fourth-order valence-electron chi connectivity index (χ4n) is 5.53. The summed E-state index contributed by atoms with van der Waals surface area (Å²) in [6.45, 7) is 9.28. The van der Waals surface area contributed by atoms with Crippen molar-refractivity contribution >= 4 is 17.7 Å². The number of aliphatic carboxylic acids is 1. The molecule has 1 heterocycles. The lowest BCUT2D eigenvalue weighted by atomic mass is 9.84. The van der Waals surface area contributed by atoms with Crippen molar-refractivity contribution in [1.82, 2.24) is 4.90 Å². The zero-order chi connectivity index (χ0) is 35.7. The van der Waals surface area contributed by atoms with E-state index in [1.165, 1.54) is 65.4 Å².